The van der Waals surface area contributed by atoms with E-state index in [4.69, 9.17) is 4.74 Å². The molecule has 0 spiro atoms. The molecule has 3 nitrogen and oxygen atoms in total. The van der Waals surface area contributed by atoms with Crippen LogP contribution in [-0.4, -0.2) is 13.1 Å². The van der Waals surface area contributed by atoms with Gasteiger partial charge in [0.15, 0.2) is 0 Å². The fourth-order valence-corrected chi connectivity index (χ4v) is 2.30. The summed E-state index contributed by atoms with van der Waals surface area (Å²) in [4.78, 5) is 11.7. The molecule has 0 bridgehead atoms. The first-order chi connectivity index (χ1) is 10.1. The number of benzene rings is 2. The Morgan fingerprint density at radius 1 is 1.19 bits per heavy atom. The molecule has 1 atom stereocenters. The summed E-state index contributed by atoms with van der Waals surface area (Å²) in [6, 6.07) is 16.2. The monoisotopic (exact) mass is 283 g/mol. The lowest BCUT2D eigenvalue weighted by molar-refractivity contribution is 0.0599. The predicted octanol–water partition coefficient (Wildman–Crippen LogP) is 3.63. The van der Waals surface area contributed by atoms with Gasteiger partial charge < -0.3 is 10.1 Å². The molecule has 2 rings (SSSR count). The molecule has 0 aliphatic carbocycles. The molecular formula is C18H21NO2. The van der Waals surface area contributed by atoms with E-state index in [9.17, 15) is 4.79 Å². The summed E-state index contributed by atoms with van der Waals surface area (Å²) in [6.45, 7) is 4.83. The van der Waals surface area contributed by atoms with Gasteiger partial charge >= 0.3 is 5.97 Å². The first kappa shape index (κ1) is 15.3. The zero-order valence-corrected chi connectivity index (χ0v) is 12.7. The van der Waals surface area contributed by atoms with Crippen molar-refractivity contribution >= 4 is 5.97 Å². The van der Waals surface area contributed by atoms with Gasteiger partial charge in [-0.15, -0.1) is 0 Å². The van der Waals surface area contributed by atoms with E-state index in [0.717, 1.165) is 5.56 Å². The first-order valence-corrected chi connectivity index (χ1v) is 7.08. The van der Waals surface area contributed by atoms with Crippen LogP contribution in [0.2, 0.25) is 0 Å². The smallest absolute Gasteiger partial charge is 0.338 e. The molecule has 110 valence electrons. The zero-order valence-electron chi connectivity index (χ0n) is 12.7. The van der Waals surface area contributed by atoms with Crippen LogP contribution in [0, 0.1) is 6.92 Å². The number of carbonyl (C=O) groups is 1. The van der Waals surface area contributed by atoms with Crippen molar-refractivity contribution < 1.29 is 9.53 Å². The lowest BCUT2D eigenvalue weighted by Gasteiger charge is -2.16. The number of hydrogen-bond donors (Lipinski definition) is 1. The van der Waals surface area contributed by atoms with Crippen molar-refractivity contribution in [3.63, 3.8) is 0 Å². The molecule has 21 heavy (non-hydrogen) atoms. The number of carbonyl (C=O) groups excluding carboxylic acids is 1. The maximum atomic E-state index is 11.7. The fourth-order valence-electron chi connectivity index (χ4n) is 2.30. The molecule has 0 fully saturated rings. The van der Waals surface area contributed by atoms with Crippen molar-refractivity contribution in [2.45, 2.75) is 26.4 Å². The second-order valence-corrected chi connectivity index (χ2v) is 5.17. The Hall–Kier alpha value is -2.13. The summed E-state index contributed by atoms with van der Waals surface area (Å²) in [7, 11) is 1.40. The van der Waals surface area contributed by atoms with Crippen LogP contribution in [0.1, 0.15) is 40.0 Å². The molecule has 0 amide bonds. The van der Waals surface area contributed by atoms with E-state index in [-0.39, 0.29) is 12.0 Å². The second kappa shape index (κ2) is 7.04. The molecule has 0 radical (unpaired) electrons. The van der Waals surface area contributed by atoms with Crippen LogP contribution in [0.5, 0.6) is 0 Å². The number of ether oxygens (including phenoxy) is 1. The minimum absolute atomic E-state index is 0.218. The number of hydrogen-bond acceptors (Lipinski definition) is 3. The van der Waals surface area contributed by atoms with Gasteiger partial charge in [0, 0.05) is 12.6 Å². The number of methoxy groups -OCH3 is 1. The van der Waals surface area contributed by atoms with Crippen molar-refractivity contribution in [3.05, 3.63) is 70.8 Å². The van der Waals surface area contributed by atoms with E-state index >= 15 is 0 Å². The van der Waals surface area contributed by atoms with Gasteiger partial charge in [-0.25, -0.2) is 4.79 Å². The van der Waals surface area contributed by atoms with Crippen molar-refractivity contribution in [1.29, 1.82) is 0 Å². The van der Waals surface area contributed by atoms with E-state index in [1.54, 1.807) is 6.07 Å². The van der Waals surface area contributed by atoms with Gasteiger partial charge in [0.2, 0.25) is 0 Å². The van der Waals surface area contributed by atoms with Gasteiger partial charge in [-0.2, -0.15) is 0 Å². The van der Waals surface area contributed by atoms with Gasteiger partial charge in [-0.1, -0.05) is 48.0 Å². The maximum absolute atomic E-state index is 11.7. The zero-order chi connectivity index (χ0) is 15.2. The third-order valence-electron chi connectivity index (χ3n) is 3.56. The molecule has 2 aromatic carbocycles. The molecule has 0 heterocycles. The number of aryl methyl sites for hydroxylation is 1. The first-order valence-electron chi connectivity index (χ1n) is 7.08. The predicted molar refractivity (Wildman–Crippen MR) is 84.2 cm³/mol. The molecule has 0 aliphatic heterocycles. The van der Waals surface area contributed by atoms with E-state index in [0.29, 0.717) is 12.1 Å². The van der Waals surface area contributed by atoms with Gasteiger partial charge in [-0.3, -0.25) is 0 Å². The maximum Gasteiger partial charge on any atom is 0.338 e. The Bertz CT molecular complexity index is 622. The summed E-state index contributed by atoms with van der Waals surface area (Å²) in [5.74, 6) is -0.296. The second-order valence-electron chi connectivity index (χ2n) is 5.17. The van der Waals surface area contributed by atoms with Gasteiger partial charge in [0.25, 0.3) is 0 Å². The molecule has 1 N–H and O–H groups in total. The fraction of sp³-hybridized carbons (Fsp3) is 0.278. The lowest BCUT2D eigenvalue weighted by atomic mass is 10.0. The molecule has 0 saturated heterocycles. The minimum Gasteiger partial charge on any atom is -0.465 e. The highest BCUT2D eigenvalue weighted by Crippen LogP contribution is 2.16. The highest BCUT2D eigenvalue weighted by atomic mass is 16.5. The third kappa shape index (κ3) is 3.92. The van der Waals surface area contributed by atoms with Gasteiger partial charge in [0.1, 0.15) is 0 Å². The molecule has 0 saturated carbocycles. The number of nitrogens with one attached hydrogen (secondary N) is 1. The van der Waals surface area contributed by atoms with Crippen LogP contribution in [0.4, 0.5) is 0 Å². The topological polar surface area (TPSA) is 38.3 Å². The van der Waals surface area contributed by atoms with Crippen molar-refractivity contribution in [1.82, 2.24) is 5.32 Å². The van der Waals surface area contributed by atoms with Crippen LogP contribution < -0.4 is 5.32 Å². The van der Waals surface area contributed by atoms with Crippen LogP contribution in [0.3, 0.4) is 0 Å². The molecule has 0 aliphatic rings. The summed E-state index contributed by atoms with van der Waals surface area (Å²) in [5, 5.41) is 3.45. The quantitative estimate of drug-likeness (QED) is 0.852. The van der Waals surface area contributed by atoms with Crippen molar-refractivity contribution in [2.24, 2.45) is 0 Å². The number of esters is 1. The third-order valence-corrected chi connectivity index (χ3v) is 3.56. The highest BCUT2D eigenvalue weighted by Gasteiger charge is 2.12. The average molecular weight is 283 g/mol. The van der Waals surface area contributed by atoms with Gasteiger partial charge in [0.05, 0.1) is 12.7 Å². The Morgan fingerprint density at radius 3 is 2.67 bits per heavy atom. The Morgan fingerprint density at radius 2 is 1.95 bits per heavy atom. The molecule has 3 heteroatoms. The van der Waals surface area contributed by atoms with Crippen molar-refractivity contribution in [2.75, 3.05) is 7.11 Å². The Labute approximate surface area is 126 Å². The van der Waals surface area contributed by atoms with Gasteiger partial charge in [-0.05, 0) is 31.0 Å². The van der Waals surface area contributed by atoms with Crippen LogP contribution in [0.15, 0.2) is 48.5 Å². The largest absolute Gasteiger partial charge is 0.465 e. The standard InChI is InChI=1S/C18H21NO2/c1-13-7-6-9-15(11-13)14(2)19-12-16-8-4-5-10-17(16)18(20)21-3/h4-11,14,19H,12H2,1-3H3/t14-/m0/s1. The van der Waals surface area contributed by atoms with E-state index in [1.165, 1.54) is 18.2 Å². The van der Waals surface area contributed by atoms with Crippen LogP contribution >= 0.6 is 0 Å². The number of rotatable bonds is 5. The summed E-state index contributed by atoms with van der Waals surface area (Å²) < 4.78 is 4.82. The van der Waals surface area contributed by atoms with Crippen LogP contribution in [-0.2, 0) is 11.3 Å². The Balaban J connectivity index is 2.08. The summed E-state index contributed by atoms with van der Waals surface area (Å²) in [5.41, 5.74) is 4.05. The van der Waals surface area contributed by atoms with Crippen LogP contribution in [0.25, 0.3) is 0 Å². The summed E-state index contributed by atoms with van der Waals surface area (Å²) >= 11 is 0. The molecule has 2 aromatic rings. The average Bonchev–Trinajstić information content (AvgIpc) is 2.52. The van der Waals surface area contributed by atoms with Crippen molar-refractivity contribution in [3.8, 4) is 0 Å². The molecule has 0 aromatic heterocycles. The van der Waals surface area contributed by atoms with E-state index in [2.05, 4.69) is 43.4 Å². The normalized spacial score (nSPS) is 12.0. The highest BCUT2D eigenvalue weighted by molar-refractivity contribution is 5.90. The minimum atomic E-state index is -0.296. The molecular weight excluding hydrogens is 262 g/mol. The lowest BCUT2D eigenvalue weighted by Crippen LogP contribution is -2.20. The SMILES string of the molecule is COC(=O)c1ccccc1CN[C@@H](C)c1cccc(C)c1. The van der Waals surface area contributed by atoms with E-state index in [1.807, 2.05) is 18.2 Å². The molecule has 0 unspecified atom stereocenters. The Kier molecular flexibility index (Phi) is 5.12. The summed E-state index contributed by atoms with van der Waals surface area (Å²) in [6.07, 6.45) is 0. The van der Waals surface area contributed by atoms with E-state index < -0.39 is 0 Å².